The van der Waals surface area contributed by atoms with Crippen molar-refractivity contribution in [2.45, 2.75) is 12.1 Å². The molecule has 1 N–H and O–H groups in total. The Hall–Kier alpha value is -3.86. The Labute approximate surface area is 221 Å². The molecule has 10 nitrogen and oxygen atoms in total. The lowest BCUT2D eigenvalue weighted by molar-refractivity contribution is -0.0660. The van der Waals surface area contributed by atoms with Gasteiger partial charge in [-0.2, -0.15) is 5.10 Å². The number of nitrogens with one attached hydrogen (secondary N) is 1. The smallest absolute Gasteiger partial charge is 0.227 e. The van der Waals surface area contributed by atoms with E-state index in [4.69, 9.17) is 19.6 Å². The molecular formula is C28H30N8O2. The van der Waals surface area contributed by atoms with Gasteiger partial charge in [-0.1, -0.05) is 0 Å². The summed E-state index contributed by atoms with van der Waals surface area (Å²) in [6.45, 7) is 7.35. The van der Waals surface area contributed by atoms with Crippen molar-refractivity contribution in [2.75, 3.05) is 62.8 Å². The summed E-state index contributed by atoms with van der Waals surface area (Å²) in [5.74, 6) is 0.545. The minimum Gasteiger partial charge on any atom is -0.378 e. The van der Waals surface area contributed by atoms with Crippen LogP contribution in [0.5, 0.6) is 0 Å². The molecule has 0 saturated carbocycles. The van der Waals surface area contributed by atoms with Crippen LogP contribution < -0.4 is 10.2 Å². The van der Waals surface area contributed by atoms with E-state index in [1.807, 2.05) is 35.3 Å². The van der Waals surface area contributed by atoms with E-state index in [1.165, 1.54) is 5.69 Å². The van der Waals surface area contributed by atoms with E-state index in [0.717, 1.165) is 67.6 Å². The Morgan fingerprint density at radius 2 is 1.63 bits per heavy atom. The highest BCUT2D eigenvalue weighted by Gasteiger charge is 2.29. The Balaban J connectivity index is 1.07. The lowest BCUT2D eigenvalue weighted by Gasteiger charge is -2.43. The molecule has 1 aromatic carbocycles. The zero-order valence-electron chi connectivity index (χ0n) is 21.1. The summed E-state index contributed by atoms with van der Waals surface area (Å²) in [6.07, 6.45) is 7.43. The molecule has 0 aliphatic carbocycles. The normalized spacial score (nSPS) is 18.7. The molecule has 0 amide bonds. The number of hydrogen-bond acceptors (Lipinski definition) is 9. The number of nitrogens with zero attached hydrogens (tertiary/aromatic N) is 7. The molecule has 3 aliphatic rings. The number of rotatable bonds is 7. The maximum atomic E-state index is 5.38. The molecule has 0 unspecified atom stereocenters. The number of ether oxygens (including phenoxy) is 2. The van der Waals surface area contributed by atoms with Gasteiger partial charge < -0.3 is 19.7 Å². The monoisotopic (exact) mass is 510 g/mol. The van der Waals surface area contributed by atoms with Gasteiger partial charge in [-0.05, 0) is 42.5 Å². The summed E-state index contributed by atoms with van der Waals surface area (Å²) in [4.78, 5) is 18.6. The number of aromatic nitrogens is 5. The van der Waals surface area contributed by atoms with E-state index in [-0.39, 0.29) is 6.04 Å². The molecule has 7 rings (SSSR count). The van der Waals surface area contributed by atoms with Crippen molar-refractivity contribution >= 4 is 17.3 Å². The van der Waals surface area contributed by atoms with E-state index < -0.39 is 0 Å². The molecule has 0 bridgehead atoms. The molecular weight excluding hydrogens is 480 g/mol. The molecule has 4 aromatic rings. The van der Waals surface area contributed by atoms with E-state index in [9.17, 15) is 0 Å². The van der Waals surface area contributed by atoms with Crippen LogP contribution in [-0.4, -0.2) is 88.3 Å². The van der Waals surface area contributed by atoms with E-state index in [0.29, 0.717) is 25.2 Å². The molecule has 6 heterocycles. The zero-order valence-corrected chi connectivity index (χ0v) is 21.1. The van der Waals surface area contributed by atoms with Crippen molar-refractivity contribution in [1.29, 1.82) is 0 Å². The third kappa shape index (κ3) is 4.62. The second-order valence-electron chi connectivity index (χ2n) is 9.96. The second-order valence-corrected chi connectivity index (χ2v) is 9.96. The van der Waals surface area contributed by atoms with Crippen molar-refractivity contribution < 1.29 is 9.47 Å². The fraction of sp³-hybridized carbons (Fsp3) is 0.357. The molecule has 3 fully saturated rings. The number of piperazine rings is 1. The quantitative estimate of drug-likeness (QED) is 0.402. The first kappa shape index (κ1) is 23.3. The van der Waals surface area contributed by atoms with Crippen LogP contribution in [-0.2, 0) is 9.47 Å². The number of benzene rings is 1. The molecule has 0 spiro atoms. The molecule has 0 atom stereocenters. The number of pyridine rings is 1. The molecule has 3 aromatic heterocycles. The Morgan fingerprint density at radius 3 is 2.32 bits per heavy atom. The van der Waals surface area contributed by atoms with Crippen LogP contribution in [0.1, 0.15) is 6.04 Å². The summed E-state index contributed by atoms with van der Waals surface area (Å²) >= 11 is 0. The van der Waals surface area contributed by atoms with Gasteiger partial charge in [-0.15, -0.1) is 0 Å². The lowest BCUT2D eigenvalue weighted by atomic mass is 10.1. The highest BCUT2D eigenvalue weighted by molar-refractivity contribution is 5.78. The third-order valence-corrected chi connectivity index (χ3v) is 7.53. The summed E-state index contributed by atoms with van der Waals surface area (Å²) in [7, 11) is 0. The standard InChI is InChI=1S/C28H30N8O2/c1-2-20(14-29-8-1)27-25(15-36(33-27)24-18-38-19-24)26-7-9-30-28(32-26)31-21-3-5-22(6-4-21)34-10-12-35(13-11-34)23-16-37-17-23/h1-9,14-15,23-24H,10-13,16-19H2,(H,30,31,32). The molecule has 38 heavy (non-hydrogen) atoms. The predicted octanol–water partition coefficient (Wildman–Crippen LogP) is 3.24. The van der Waals surface area contributed by atoms with Crippen molar-refractivity contribution in [2.24, 2.45) is 0 Å². The minimum atomic E-state index is 0.243. The van der Waals surface area contributed by atoms with Crippen LogP contribution in [0.15, 0.2) is 67.3 Å². The van der Waals surface area contributed by atoms with Gasteiger partial charge in [0.25, 0.3) is 0 Å². The third-order valence-electron chi connectivity index (χ3n) is 7.53. The first-order valence-electron chi connectivity index (χ1n) is 13.1. The lowest BCUT2D eigenvalue weighted by Crippen LogP contribution is -2.56. The Morgan fingerprint density at radius 1 is 0.842 bits per heavy atom. The fourth-order valence-electron chi connectivity index (χ4n) is 5.09. The van der Waals surface area contributed by atoms with Crippen molar-refractivity contribution in [1.82, 2.24) is 29.6 Å². The van der Waals surface area contributed by atoms with Gasteiger partial charge in [0.05, 0.1) is 44.2 Å². The van der Waals surface area contributed by atoms with Crippen molar-refractivity contribution in [3.8, 4) is 22.5 Å². The van der Waals surface area contributed by atoms with Gasteiger partial charge in [0.2, 0.25) is 5.95 Å². The predicted molar refractivity (Wildman–Crippen MR) is 144 cm³/mol. The molecule has 10 heteroatoms. The van der Waals surface area contributed by atoms with Crippen LogP contribution in [0, 0.1) is 0 Å². The molecule has 194 valence electrons. The van der Waals surface area contributed by atoms with Crippen molar-refractivity contribution in [3.05, 3.63) is 67.3 Å². The van der Waals surface area contributed by atoms with Crippen LogP contribution in [0.4, 0.5) is 17.3 Å². The first-order valence-corrected chi connectivity index (χ1v) is 13.1. The minimum absolute atomic E-state index is 0.243. The summed E-state index contributed by atoms with van der Waals surface area (Å²) in [5.41, 5.74) is 5.74. The molecule has 0 radical (unpaired) electrons. The molecule has 3 aliphatic heterocycles. The highest BCUT2D eigenvalue weighted by atomic mass is 16.5. The van der Waals surface area contributed by atoms with Gasteiger partial charge in [-0.3, -0.25) is 14.6 Å². The average Bonchev–Trinajstić information content (AvgIpc) is 3.33. The van der Waals surface area contributed by atoms with Crippen LogP contribution in [0.2, 0.25) is 0 Å². The number of hydrogen-bond donors (Lipinski definition) is 1. The van der Waals surface area contributed by atoms with Gasteiger partial charge in [0.1, 0.15) is 5.69 Å². The van der Waals surface area contributed by atoms with Crippen LogP contribution >= 0.6 is 0 Å². The average molecular weight is 511 g/mol. The topological polar surface area (TPSA) is 93.5 Å². The Kier molecular flexibility index (Phi) is 6.20. The number of anilines is 3. The fourth-order valence-corrected chi connectivity index (χ4v) is 5.09. The summed E-state index contributed by atoms with van der Waals surface area (Å²) in [6, 6.07) is 15.2. The molecule has 3 saturated heterocycles. The highest BCUT2D eigenvalue weighted by Crippen LogP contribution is 2.32. The van der Waals surface area contributed by atoms with E-state index in [1.54, 1.807) is 12.4 Å². The maximum absolute atomic E-state index is 5.38. The van der Waals surface area contributed by atoms with Gasteiger partial charge in [-0.25, -0.2) is 9.97 Å². The van der Waals surface area contributed by atoms with Gasteiger partial charge in [0, 0.05) is 73.5 Å². The van der Waals surface area contributed by atoms with Crippen LogP contribution in [0.25, 0.3) is 22.5 Å². The van der Waals surface area contributed by atoms with E-state index >= 15 is 0 Å². The largest absolute Gasteiger partial charge is 0.378 e. The second kappa shape index (κ2) is 10.1. The Bertz CT molecular complexity index is 1380. The van der Waals surface area contributed by atoms with Gasteiger partial charge >= 0.3 is 0 Å². The van der Waals surface area contributed by atoms with Crippen molar-refractivity contribution in [3.63, 3.8) is 0 Å². The van der Waals surface area contributed by atoms with Gasteiger partial charge in [0.15, 0.2) is 0 Å². The van der Waals surface area contributed by atoms with Crippen LogP contribution in [0.3, 0.4) is 0 Å². The maximum Gasteiger partial charge on any atom is 0.227 e. The SMILES string of the molecule is c1cncc(-c2nn(C3COC3)cc2-c2ccnc(Nc3ccc(N4CCN(C5COC5)CC4)cc3)n2)c1. The summed E-state index contributed by atoms with van der Waals surface area (Å²) in [5, 5.41) is 8.24. The summed E-state index contributed by atoms with van der Waals surface area (Å²) < 4.78 is 12.7. The zero-order chi connectivity index (χ0) is 25.3. The first-order chi connectivity index (χ1) is 18.8. The van der Waals surface area contributed by atoms with E-state index in [2.05, 4.69) is 49.4 Å².